The van der Waals surface area contributed by atoms with Crippen LogP contribution in [0.1, 0.15) is 29.8 Å². The first-order valence-corrected chi connectivity index (χ1v) is 7.08. The number of halogens is 1. The zero-order valence-electron chi connectivity index (χ0n) is 12.6. The van der Waals surface area contributed by atoms with Crippen LogP contribution in [0.2, 0.25) is 5.02 Å². The van der Waals surface area contributed by atoms with Crippen LogP contribution in [0.5, 0.6) is 0 Å². The van der Waals surface area contributed by atoms with Gasteiger partial charge in [-0.2, -0.15) is 5.10 Å². The molecule has 0 saturated heterocycles. The largest absolute Gasteiger partial charge is 0.361 e. The monoisotopic (exact) mass is 296 g/mol. The van der Waals surface area contributed by atoms with Crippen molar-refractivity contribution in [3.05, 3.63) is 33.9 Å². The molecule has 0 fully saturated rings. The lowest BCUT2D eigenvalue weighted by atomic mass is 10.2. The third-order valence-corrected chi connectivity index (χ3v) is 4.12. The van der Waals surface area contributed by atoms with Gasteiger partial charge in [-0.1, -0.05) is 16.8 Å². The first kappa shape index (κ1) is 15.1. The van der Waals surface area contributed by atoms with Gasteiger partial charge in [0.25, 0.3) is 0 Å². The van der Waals surface area contributed by atoms with E-state index >= 15 is 0 Å². The minimum Gasteiger partial charge on any atom is -0.361 e. The van der Waals surface area contributed by atoms with Crippen LogP contribution in [0.25, 0.3) is 0 Å². The van der Waals surface area contributed by atoms with Gasteiger partial charge in [0.2, 0.25) is 0 Å². The number of likely N-dealkylation sites (N-methyl/N-ethyl adjacent to an activating group) is 1. The van der Waals surface area contributed by atoms with Crippen molar-refractivity contribution in [3.8, 4) is 0 Å². The Morgan fingerprint density at radius 1 is 1.40 bits per heavy atom. The minimum absolute atomic E-state index is 0.320. The summed E-state index contributed by atoms with van der Waals surface area (Å²) in [5.74, 6) is 0.839. The molecule has 0 saturated carbocycles. The van der Waals surface area contributed by atoms with Gasteiger partial charge in [0, 0.05) is 18.7 Å². The Kier molecular flexibility index (Phi) is 4.50. The van der Waals surface area contributed by atoms with Gasteiger partial charge >= 0.3 is 0 Å². The first-order valence-electron chi connectivity index (χ1n) is 6.70. The smallest absolute Gasteiger partial charge is 0.133 e. The van der Waals surface area contributed by atoms with Crippen LogP contribution in [0, 0.1) is 20.8 Å². The van der Waals surface area contributed by atoms with Crippen LogP contribution in [0.3, 0.4) is 0 Å². The zero-order chi connectivity index (χ0) is 14.9. The lowest BCUT2D eigenvalue weighted by Crippen LogP contribution is -2.33. The summed E-state index contributed by atoms with van der Waals surface area (Å²) in [6, 6.07) is 2.28. The molecule has 0 radical (unpaired) electrons. The molecule has 0 bridgehead atoms. The number of hydrogen-bond acceptors (Lipinski definition) is 4. The molecule has 2 aromatic rings. The van der Waals surface area contributed by atoms with Gasteiger partial charge < -0.3 is 4.52 Å². The Bertz CT molecular complexity index is 590. The molecule has 2 rings (SSSR count). The highest BCUT2D eigenvalue weighted by molar-refractivity contribution is 6.31. The molecule has 0 N–H and O–H groups in total. The number of aryl methyl sites for hydroxylation is 2. The summed E-state index contributed by atoms with van der Waals surface area (Å²) in [7, 11) is 2.07. The molecule has 2 heterocycles. The van der Waals surface area contributed by atoms with Gasteiger partial charge in [-0.15, -0.1) is 0 Å². The van der Waals surface area contributed by atoms with Crippen LogP contribution in [0.15, 0.2) is 10.6 Å². The van der Waals surface area contributed by atoms with E-state index < -0.39 is 0 Å². The number of nitrogens with zero attached hydrogens (tertiary/aromatic N) is 4. The summed E-state index contributed by atoms with van der Waals surface area (Å²) in [5, 5.41) is 9.24. The molecule has 0 spiro atoms. The maximum absolute atomic E-state index is 6.17. The molecule has 20 heavy (non-hydrogen) atoms. The third kappa shape index (κ3) is 3.22. The predicted octanol–water partition coefficient (Wildman–Crippen LogP) is 2.97. The molecule has 0 unspecified atom stereocenters. The molecule has 6 heteroatoms. The summed E-state index contributed by atoms with van der Waals surface area (Å²) in [6.07, 6.45) is 0. The van der Waals surface area contributed by atoms with E-state index in [1.807, 2.05) is 31.5 Å². The second kappa shape index (κ2) is 5.97. The lowest BCUT2D eigenvalue weighted by molar-refractivity contribution is 0.214. The topological polar surface area (TPSA) is 47.1 Å². The van der Waals surface area contributed by atoms with Crippen molar-refractivity contribution < 1.29 is 4.52 Å². The van der Waals surface area contributed by atoms with Crippen LogP contribution in [-0.4, -0.2) is 32.9 Å². The lowest BCUT2D eigenvalue weighted by Gasteiger charge is -2.24. The molecular weight excluding hydrogens is 276 g/mol. The van der Waals surface area contributed by atoms with Crippen LogP contribution >= 0.6 is 11.6 Å². The van der Waals surface area contributed by atoms with Crippen molar-refractivity contribution in [1.29, 1.82) is 0 Å². The number of hydrogen-bond donors (Lipinski definition) is 0. The van der Waals surface area contributed by atoms with Crippen molar-refractivity contribution in [1.82, 2.24) is 19.8 Å². The van der Waals surface area contributed by atoms with E-state index in [4.69, 9.17) is 16.1 Å². The van der Waals surface area contributed by atoms with Gasteiger partial charge in [0.05, 0.1) is 28.6 Å². The summed E-state index contributed by atoms with van der Waals surface area (Å²) in [6.45, 7) is 9.54. The molecule has 0 aromatic carbocycles. The van der Waals surface area contributed by atoms with E-state index in [0.717, 1.165) is 41.0 Å². The quantitative estimate of drug-likeness (QED) is 0.851. The normalized spacial score (nSPS) is 13.2. The Morgan fingerprint density at radius 2 is 2.10 bits per heavy atom. The fourth-order valence-corrected chi connectivity index (χ4v) is 2.28. The van der Waals surface area contributed by atoms with Gasteiger partial charge in [-0.3, -0.25) is 9.58 Å². The van der Waals surface area contributed by atoms with Gasteiger partial charge in [0.15, 0.2) is 0 Å². The first-order chi connectivity index (χ1) is 9.38. The molecule has 0 aliphatic rings. The fraction of sp³-hybridized carbons (Fsp3) is 0.571. The van der Waals surface area contributed by atoms with Crippen LogP contribution < -0.4 is 0 Å². The summed E-state index contributed by atoms with van der Waals surface area (Å²) in [4.78, 5) is 2.22. The number of rotatable bonds is 5. The predicted molar refractivity (Wildman–Crippen MR) is 78.9 cm³/mol. The molecule has 0 amide bonds. The summed E-state index contributed by atoms with van der Waals surface area (Å²) in [5.41, 5.74) is 2.84. The van der Waals surface area contributed by atoms with Crippen LogP contribution in [-0.2, 0) is 13.1 Å². The van der Waals surface area contributed by atoms with E-state index in [-0.39, 0.29) is 0 Å². The SMILES string of the molecule is Cc1cc(CN(C)[C@@H](C)Cn2nc(C)c(Cl)c2C)no1. The van der Waals surface area contributed by atoms with E-state index in [1.165, 1.54) is 0 Å². The molecule has 0 aliphatic carbocycles. The highest BCUT2D eigenvalue weighted by Crippen LogP contribution is 2.19. The second-order valence-electron chi connectivity index (χ2n) is 5.36. The molecule has 1 atom stereocenters. The third-order valence-electron chi connectivity index (χ3n) is 3.57. The average Bonchev–Trinajstić information content (AvgIpc) is 2.89. The Hall–Kier alpha value is -1.33. The van der Waals surface area contributed by atoms with E-state index in [9.17, 15) is 0 Å². The van der Waals surface area contributed by atoms with Crippen molar-refractivity contribution in [3.63, 3.8) is 0 Å². The van der Waals surface area contributed by atoms with Crippen molar-refractivity contribution in [2.24, 2.45) is 0 Å². The molecule has 0 aliphatic heterocycles. The Labute approximate surface area is 124 Å². The standard InChI is InChI=1S/C14H21ClN4O/c1-9(7-19-12(4)14(15)11(3)16-19)18(5)8-13-6-10(2)20-17-13/h6,9H,7-8H2,1-5H3/t9-/m0/s1. The Balaban J connectivity index is 2.00. The highest BCUT2D eigenvalue weighted by atomic mass is 35.5. The molecule has 5 nitrogen and oxygen atoms in total. The summed E-state index contributed by atoms with van der Waals surface area (Å²) >= 11 is 6.17. The second-order valence-corrected chi connectivity index (χ2v) is 5.74. The fourth-order valence-electron chi connectivity index (χ4n) is 2.15. The van der Waals surface area contributed by atoms with Gasteiger partial charge in [0.1, 0.15) is 5.76 Å². The van der Waals surface area contributed by atoms with E-state index in [1.54, 1.807) is 0 Å². The Morgan fingerprint density at radius 3 is 2.60 bits per heavy atom. The molecule has 110 valence electrons. The van der Waals surface area contributed by atoms with Gasteiger partial charge in [-0.25, -0.2) is 0 Å². The molecule has 2 aromatic heterocycles. The van der Waals surface area contributed by atoms with Gasteiger partial charge in [-0.05, 0) is 34.7 Å². The van der Waals surface area contributed by atoms with Crippen LogP contribution in [0.4, 0.5) is 0 Å². The van der Waals surface area contributed by atoms with Crippen molar-refractivity contribution >= 4 is 11.6 Å². The maximum atomic E-state index is 6.17. The van der Waals surface area contributed by atoms with E-state index in [2.05, 4.69) is 29.1 Å². The van der Waals surface area contributed by atoms with E-state index in [0.29, 0.717) is 6.04 Å². The van der Waals surface area contributed by atoms with Crippen molar-refractivity contribution in [2.75, 3.05) is 7.05 Å². The van der Waals surface area contributed by atoms with Crippen molar-refractivity contribution in [2.45, 2.75) is 46.8 Å². The minimum atomic E-state index is 0.320. The molecular formula is C14H21ClN4O. The number of aromatic nitrogens is 3. The maximum Gasteiger partial charge on any atom is 0.133 e. The highest BCUT2D eigenvalue weighted by Gasteiger charge is 2.16. The zero-order valence-corrected chi connectivity index (χ0v) is 13.4. The summed E-state index contributed by atoms with van der Waals surface area (Å²) < 4.78 is 7.06. The average molecular weight is 297 g/mol.